The third-order valence-electron chi connectivity index (χ3n) is 12.9. The van der Waals surface area contributed by atoms with Gasteiger partial charge in [-0.1, -0.05) is 185 Å². The summed E-state index contributed by atoms with van der Waals surface area (Å²) in [6, 6.07) is 63.5. The van der Waals surface area contributed by atoms with Gasteiger partial charge in [-0.15, -0.1) is 71.3 Å². The van der Waals surface area contributed by atoms with Crippen LogP contribution in [-0.4, -0.2) is 9.97 Å². The fraction of sp³-hybridized carbons (Fsp3) is 0.303. The molecule has 2 radical (unpaired) electrons. The number of pyridine rings is 2. The third-order valence-corrected chi connectivity index (χ3v) is 12.9. The second-order valence-corrected chi connectivity index (χ2v) is 20.5. The summed E-state index contributed by atoms with van der Waals surface area (Å²) in [6.45, 7) is 18.1. The normalized spacial score (nSPS) is 11.2. The molecule has 366 valence electrons. The Kier molecular flexibility index (Phi) is 21.5. The fourth-order valence-corrected chi connectivity index (χ4v) is 8.78. The molecular weight excluding hydrogens is 1210 g/mol. The molecule has 0 unspecified atom stereocenters. The molecule has 8 rings (SSSR count). The summed E-state index contributed by atoms with van der Waals surface area (Å²) < 4.78 is 0. The number of rotatable bonds is 16. The first-order chi connectivity index (χ1) is 32.9. The van der Waals surface area contributed by atoms with Crippen molar-refractivity contribution in [2.24, 2.45) is 0 Å². The van der Waals surface area contributed by atoms with Gasteiger partial charge in [-0.3, -0.25) is 0 Å². The Hall–Kier alpha value is -5.08. The summed E-state index contributed by atoms with van der Waals surface area (Å²) >= 11 is 0. The molecule has 0 N–H and O–H groups in total. The molecular formula is C66H72Ir2N2-2. The van der Waals surface area contributed by atoms with E-state index in [2.05, 4.69) is 188 Å². The molecule has 0 bridgehead atoms. The van der Waals surface area contributed by atoms with Crippen molar-refractivity contribution >= 4 is 0 Å². The van der Waals surface area contributed by atoms with Gasteiger partial charge in [0.05, 0.1) is 0 Å². The number of unbranched alkanes of at least 4 members (excludes halogenated alkanes) is 6. The van der Waals surface area contributed by atoms with E-state index in [1.165, 1.54) is 120 Å². The van der Waals surface area contributed by atoms with Crippen molar-refractivity contribution in [3.05, 3.63) is 205 Å². The van der Waals surface area contributed by atoms with E-state index in [-0.39, 0.29) is 51.0 Å². The van der Waals surface area contributed by atoms with Gasteiger partial charge in [-0.25, -0.2) is 0 Å². The summed E-state index contributed by atoms with van der Waals surface area (Å²) in [4.78, 5) is 9.28. The molecule has 0 saturated heterocycles. The predicted octanol–water partition coefficient (Wildman–Crippen LogP) is 18.6. The van der Waals surface area contributed by atoms with Crippen molar-refractivity contribution in [3.63, 3.8) is 0 Å². The molecule has 0 amide bonds. The van der Waals surface area contributed by atoms with E-state index in [9.17, 15) is 0 Å². The maximum Gasteiger partial charge on any atom is 0.0239 e. The van der Waals surface area contributed by atoms with Crippen LogP contribution in [-0.2, 0) is 63.9 Å². The standard InChI is InChI=1S/C37H36N.C29H36N.2Ir/c1-36(2,3)33-17-12-26(13-18-33)30-22-31(27-14-19-34(20-15-27)37(4,5)6)24-32(23-30)29-16-21-35(38-25-29)28-10-8-7-9-11-28;1-3-5-7-9-14-24-20-25(15-10-8-6-4-2)22-28(21-24)26-16-13-17-27(23-26)29-18-11-12-19-30-29;;/h7-10,12-25H,1-6H3;11-13,16,18-23H,3-10,14-15H2,1-2H3;;/q2*-1;;. The summed E-state index contributed by atoms with van der Waals surface area (Å²) in [7, 11) is 0. The van der Waals surface area contributed by atoms with Gasteiger partial charge in [0.2, 0.25) is 0 Å². The van der Waals surface area contributed by atoms with Crippen LogP contribution < -0.4 is 0 Å². The van der Waals surface area contributed by atoms with E-state index in [0.717, 1.165) is 33.6 Å². The van der Waals surface area contributed by atoms with Crippen LogP contribution in [0.2, 0.25) is 0 Å². The minimum absolute atomic E-state index is 0. The molecule has 4 heteroatoms. The maximum absolute atomic E-state index is 4.78. The molecule has 0 spiro atoms. The SMILES string of the molecule is CC(C)(C)c1ccc(-c2cc(-c3ccc(C(C)(C)C)cc3)cc(-c3ccc(-c4[c-]cccc4)nc3)c2)cc1.CCCCCCc1cc(CCCCCC)cc(-c2cc[c-]c(-c3ccccn3)c2)c1.[Ir].[Ir]. The van der Waals surface area contributed by atoms with Crippen LogP contribution in [0.15, 0.2) is 170 Å². The number of hydrogen-bond donors (Lipinski definition) is 0. The van der Waals surface area contributed by atoms with E-state index in [4.69, 9.17) is 4.98 Å². The summed E-state index contributed by atoms with van der Waals surface area (Å²) in [5.74, 6) is 0. The van der Waals surface area contributed by atoms with Crippen molar-refractivity contribution in [2.75, 3.05) is 0 Å². The average molecular weight is 1280 g/mol. The average Bonchev–Trinajstić information content (AvgIpc) is 3.37. The van der Waals surface area contributed by atoms with Gasteiger partial charge in [-0.2, -0.15) is 0 Å². The fourth-order valence-electron chi connectivity index (χ4n) is 8.78. The van der Waals surface area contributed by atoms with Gasteiger partial charge < -0.3 is 9.97 Å². The molecule has 0 atom stereocenters. The molecule has 0 aliphatic rings. The van der Waals surface area contributed by atoms with Crippen molar-refractivity contribution in [1.29, 1.82) is 0 Å². The largest absolute Gasteiger partial charge is 0.305 e. The van der Waals surface area contributed by atoms with Gasteiger partial charge in [0.25, 0.3) is 0 Å². The Balaban J connectivity index is 0.000000261. The van der Waals surface area contributed by atoms with Crippen molar-refractivity contribution < 1.29 is 40.2 Å². The predicted molar refractivity (Wildman–Crippen MR) is 292 cm³/mol. The quantitative estimate of drug-likeness (QED) is 0.0712. The van der Waals surface area contributed by atoms with Gasteiger partial charge >= 0.3 is 0 Å². The maximum atomic E-state index is 4.78. The van der Waals surface area contributed by atoms with E-state index in [1.54, 1.807) is 0 Å². The van der Waals surface area contributed by atoms with Crippen LogP contribution in [0.1, 0.15) is 129 Å². The minimum atomic E-state index is 0. The minimum Gasteiger partial charge on any atom is -0.305 e. The van der Waals surface area contributed by atoms with Crippen molar-refractivity contribution in [1.82, 2.24) is 9.97 Å². The smallest absolute Gasteiger partial charge is 0.0239 e. The first-order valence-electron chi connectivity index (χ1n) is 25.2. The zero-order valence-electron chi connectivity index (χ0n) is 42.8. The third kappa shape index (κ3) is 16.0. The zero-order chi connectivity index (χ0) is 47.9. The summed E-state index contributed by atoms with van der Waals surface area (Å²) in [6.07, 6.45) is 16.7. The van der Waals surface area contributed by atoms with E-state index in [0.29, 0.717) is 0 Å². The van der Waals surface area contributed by atoms with Crippen molar-refractivity contribution in [2.45, 2.75) is 130 Å². The molecule has 2 nitrogen and oxygen atoms in total. The molecule has 8 aromatic rings. The van der Waals surface area contributed by atoms with E-state index in [1.807, 2.05) is 54.9 Å². The summed E-state index contributed by atoms with van der Waals surface area (Å²) in [5, 5.41) is 0. The summed E-state index contributed by atoms with van der Waals surface area (Å²) in [5.41, 5.74) is 19.6. The van der Waals surface area contributed by atoms with Crippen molar-refractivity contribution in [3.8, 4) is 67.0 Å². The first-order valence-corrected chi connectivity index (χ1v) is 25.2. The molecule has 70 heavy (non-hydrogen) atoms. The molecule has 0 saturated carbocycles. The zero-order valence-corrected chi connectivity index (χ0v) is 47.6. The van der Waals surface area contributed by atoms with Gasteiger partial charge in [0, 0.05) is 52.6 Å². The second kappa shape index (κ2) is 26.9. The van der Waals surface area contributed by atoms with Gasteiger partial charge in [0.15, 0.2) is 0 Å². The number of hydrogen-bond acceptors (Lipinski definition) is 2. The Morgan fingerprint density at radius 1 is 0.386 bits per heavy atom. The van der Waals surface area contributed by atoms with Gasteiger partial charge in [0.1, 0.15) is 0 Å². The van der Waals surface area contributed by atoms with Crippen LogP contribution in [0.4, 0.5) is 0 Å². The van der Waals surface area contributed by atoms with E-state index < -0.39 is 0 Å². The monoisotopic (exact) mass is 1280 g/mol. The topological polar surface area (TPSA) is 25.8 Å². The Labute approximate surface area is 449 Å². The molecule has 6 aromatic carbocycles. The van der Waals surface area contributed by atoms with Crippen LogP contribution in [0, 0.1) is 12.1 Å². The first kappa shape index (κ1) is 55.8. The number of aromatic nitrogens is 2. The van der Waals surface area contributed by atoms with Crippen LogP contribution >= 0.6 is 0 Å². The Bertz CT molecular complexity index is 2680. The van der Waals surface area contributed by atoms with Crippen LogP contribution in [0.3, 0.4) is 0 Å². The Morgan fingerprint density at radius 2 is 0.886 bits per heavy atom. The second-order valence-electron chi connectivity index (χ2n) is 20.5. The number of benzene rings is 6. The molecule has 2 heterocycles. The molecule has 0 aliphatic carbocycles. The van der Waals surface area contributed by atoms with Crippen LogP contribution in [0.5, 0.6) is 0 Å². The molecule has 0 aliphatic heterocycles. The molecule has 0 fully saturated rings. The molecule has 2 aromatic heterocycles. The van der Waals surface area contributed by atoms with Crippen LogP contribution in [0.25, 0.3) is 67.0 Å². The van der Waals surface area contributed by atoms with Gasteiger partial charge in [-0.05, 0) is 133 Å². The number of aryl methyl sites for hydroxylation is 2. The Morgan fingerprint density at radius 3 is 1.36 bits per heavy atom. The van der Waals surface area contributed by atoms with E-state index >= 15 is 0 Å². The number of nitrogens with zero attached hydrogens (tertiary/aromatic N) is 2.